The molecule has 1 heterocycles. The van der Waals surface area contributed by atoms with Gasteiger partial charge in [-0.05, 0) is 30.0 Å². The maximum atomic E-state index is 13.7. The second-order valence-electron chi connectivity index (χ2n) is 4.26. The second kappa shape index (κ2) is 5.90. The van der Waals surface area contributed by atoms with E-state index in [0.29, 0.717) is 6.42 Å². The van der Waals surface area contributed by atoms with Gasteiger partial charge in [-0.15, -0.1) is 11.3 Å². The van der Waals surface area contributed by atoms with Gasteiger partial charge in [0.15, 0.2) is 0 Å². The van der Waals surface area contributed by atoms with Gasteiger partial charge in [0.1, 0.15) is 10.7 Å². The highest BCUT2D eigenvalue weighted by Gasteiger charge is 2.25. The molecular weight excluding hydrogens is 299 g/mol. The van der Waals surface area contributed by atoms with Crippen molar-refractivity contribution in [2.75, 3.05) is 5.73 Å². The van der Waals surface area contributed by atoms with Gasteiger partial charge in [-0.1, -0.05) is 19.1 Å². The van der Waals surface area contributed by atoms with Crippen LogP contribution in [0.4, 0.5) is 10.1 Å². The molecule has 0 aliphatic rings. The zero-order chi connectivity index (χ0) is 14.8. The molecule has 0 amide bonds. The Morgan fingerprint density at radius 3 is 2.65 bits per heavy atom. The summed E-state index contributed by atoms with van der Waals surface area (Å²) in [5.41, 5.74) is 5.49. The smallest absolute Gasteiger partial charge is 0.246 e. The number of anilines is 1. The van der Waals surface area contributed by atoms with Gasteiger partial charge in [0.05, 0.1) is 11.7 Å². The fraction of sp³-hybridized carbons (Fsp3) is 0.231. The van der Waals surface area contributed by atoms with Crippen molar-refractivity contribution in [2.45, 2.75) is 24.3 Å². The van der Waals surface area contributed by atoms with Crippen LogP contribution in [-0.2, 0) is 10.0 Å². The number of nitrogens with one attached hydrogen (secondary N) is 1. The molecule has 1 aromatic carbocycles. The third-order valence-corrected chi connectivity index (χ3v) is 5.41. The van der Waals surface area contributed by atoms with E-state index in [1.165, 1.54) is 23.5 Å². The molecule has 7 heteroatoms. The molecule has 1 unspecified atom stereocenters. The lowest BCUT2D eigenvalue weighted by molar-refractivity contribution is 0.538. The number of benzene rings is 1. The number of hydrogen-bond donors (Lipinski definition) is 2. The highest BCUT2D eigenvalue weighted by molar-refractivity contribution is 7.89. The van der Waals surface area contributed by atoms with Crippen molar-refractivity contribution >= 4 is 27.0 Å². The summed E-state index contributed by atoms with van der Waals surface area (Å²) in [5.74, 6) is -0.849. The molecule has 0 aliphatic heterocycles. The summed E-state index contributed by atoms with van der Waals surface area (Å²) in [6.07, 6.45) is 0.564. The highest BCUT2D eigenvalue weighted by atomic mass is 32.2. The third kappa shape index (κ3) is 3.00. The first kappa shape index (κ1) is 15.0. The largest absolute Gasteiger partial charge is 0.398 e. The fourth-order valence-corrected chi connectivity index (χ4v) is 4.31. The van der Waals surface area contributed by atoms with Gasteiger partial charge in [-0.2, -0.15) is 0 Å². The van der Waals surface area contributed by atoms with Crippen LogP contribution in [0.15, 0.2) is 40.6 Å². The summed E-state index contributed by atoms with van der Waals surface area (Å²) in [5, 5.41) is 1.86. The predicted molar refractivity (Wildman–Crippen MR) is 78.5 cm³/mol. The van der Waals surface area contributed by atoms with Gasteiger partial charge in [0.2, 0.25) is 10.0 Å². The summed E-state index contributed by atoms with van der Waals surface area (Å²) in [6.45, 7) is 1.86. The third-order valence-electron chi connectivity index (χ3n) is 2.86. The number of sulfonamides is 1. The van der Waals surface area contributed by atoms with Crippen LogP contribution in [0, 0.1) is 5.82 Å². The minimum absolute atomic E-state index is 0.0986. The molecule has 4 nitrogen and oxygen atoms in total. The first-order valence-corrected chi connectivity index (χ1v) is 8.41. The molecule has 1 atom stereocenters. The van der Waals surface area contributed by atoms with Crippen LogP contribution < -0.4 is 10.5 Å². The number of nitrogens with two attached hydrogens (primary N) is 1. The molecule has 20 heavy (non-hydrogen) atoms. The van der Waals surface area contributed by atoms with Gasteiger partial charge in [0, 0.05) is 4.88 Å². The first-order chi connectivity index (χ1) is 9.45. The second-order valence-corrected chi connectivity index (χ2v) is 6.89. The minimum Gasteiger partial charge on any atom is -0.398 e. The molecule has 0 aliphatic carbocycles. The number of nitrogen functional groups attached to an aromatic ring is 1. The molecule has 3 N–H and O–H groups in total. The summed E-state index contributed by atoms with van der Waals surface area (Å²) in [4.78, 5) is 0.390. The highest BCUT2D eigenvalue weighted by Crippen LogP contribution is 2.27. The summed E-state index contributed by atoms with van der Waals surface area (Å²) in [6, 6.07) is 7.11. The maximum absolute atomic E-state index is 13.7. The summed E-state index contributed by atoms with van der Waals surface area (Å²) in [7, 11) is -4.00. The summed E-state index contributed by atoms with van der Waals surface area (Å²) < 4.78 is 40.9. The summed E-state index contributed by atoms with van der Waals surface area (Å²) >= 11 is 1.45. The Morgan fingerprint density at radius 2 is 2.10 bits per heavy atom. The number of rotatable bonds is 5. The molecule has 1 aromatic heterocycles. The van der Waals surface area contributed by atoms with Crippen molar-refractivity contribution < 1.29 is 12.8 Å². The quantitative estimate of drug-likeness (QED) is 0.834. The van der Waals surface area contributed by atoms with Crippen molar-refractivity contribution in [3.63, 3.8) is 0 Å². The zero-order valence-electron chi connectivity index (χ0n) is 10.8. The van der Waals surface area contributed by atoms with Gasteiger partial charge in [-0.25, -0.2) is 17.5 Å². The Labute approximate surface area is 121 Å². The maximum Gasteiger partial charge on any atom is 0.246 e. The average Bonchev–Trinajstić information content (AvgIpc) is 2.89. The Morgan fingerprint density at radius 1 is 1.35 bits per heavy atom. The van der Waals surface area contributed by atoms with Gasteiger partial charge in [0.25, 0.3) is 0 Å². The monoisotopic (exact) mass is 314 g/mol. The van der Waals surface area contributed by atoms with Gasteiger partial charge < -0.3 is 5.73 Å². The van der Waals surface area contributed by atoms with E-state index in [-0.39, 0.29) is 11.7 Å². The SMILES string of the molecule is CCC(NS(=O)(=O)c1c(N)cccc1F)c1cccs1. The van der Waals surface area contributed by atoms with Crippen LogP contribution in [0.1, 0.15) is 24.3 Å². The standard InChI is InChI=1S/C13H15FN2O2S2/c1-2-11(12-7-4-8-19-12)16-20(17,18)13-9(14)5-3-6-10(13)15/h3-8,11,16H,2,15H2,1H3. The van der Waals surface area contributed by atoms with E-state index in [1.807, 2.05) is 24.4 Å². The number of thiophene rings is 1. The van der Waals surface area contributed by atoms with E-state index >= 15 is 0 Å². The lowest BCUT2D eigenvalue weighted by Gasteiger charge is -2.17. The van der Waals surface area contributed by atoms with E-state index in [1.54, 1.807) is 0 Å². The first-order valence-electron chi connectivity index (χ1n) is 6.05. The molecule has 0 fully saturated rings. The van der Waals surface area contributed by atoms with Crippen molar-refractivity contribution in [3.8, 4) is 0 Å². The van der Waals surface area contributed by atoms with E-state index in [0.717, 1.165) is 10.9 Å². The molecule has 0 spiro atoms. The molecule has 0 radical (unpaired) electrons. The molecule has 2 aromatic rings. The predicted octanol–water partition coefficient (Wildman–Crippen LogP) is 2.90. The van der Waals surface area contributed by atoms with Crippen LogP contribution in [0.2, 0.25) is 0 Å². The normalized spacial score (nSPS) is 13.3. The van der Waals surface area contributed by atoms with E-state index in [4.69, 9.17) is 5.73 Å². The fourth-order valence-electron chi connectivity index (χ4n) is 1.89. The van der Waals surface area contributed by atoms with E-state index in [2.05, 4.69) is 4.72 Å². The van der Waals surface area contributed by atoms with Crippen molar-refractivity contribution in [2.24, 2.45) is 0 Å². The average molecular weight is 314 g/mol. The van der Waals surface area contributed by atoms with Crippen LogP contribution in [0.25, 0.3) is 0 Å². The Balaban J connectivity index is 2.36. The van der Waals surface area contributed by atoms with Crippen molar-refractivity contribution in [3.05, 3.63) is 46.4 Å². The van der Waals surface area contributed by atoms with Crippen molar-refractivity contribution in [1.82, 2.24) is 4.72 Å². The molecular formula is C13H15FN2O2S2. The number of halogens is 1. The zero-order valence-corrected chi connectivity index (χ0v) is 12.5. The Hall–Kier alpha value is -1.44. The molecule has 2 rings (SSSR count). The van der Waals surface area contributed by atoms with Gasteiger partial charge in [-0.3, -0.25) is 0 Å². The Bertz CT molecular complexity index is 664. The molecule has 0 bridgehead atoms. The molecule has 108 valence electrons. The van der Waals surface area contributed by atoms with Gasteiger partial charge >= 0.3 is 0 Å². The number of hydrogen-bond acceptors (Lipinski definition) is 4. The van der Waals surface area contributed by atoms with Crippen LogP contribution in [0.5, 0.6) is 0 Å². The van der Waals surface area contributed by atoms with Crippen LogP contribution >= 0.6 is 11.3 Å². The van der Waals surface area contributed by atoms with E-state index < -0.39 is 20.7 Å². The lowest BCUT2D eigenvalue weighted by atomic mass is 10.2. The van der Waals surface area contributed by atoms with Crippen molar-refractivity contribution in [1.29, 1.82) is 0 Å². The van der Waals surface area contributed by atoms with Crippen LogP contribution in [0.3, 0.4) is 0 Å². The Kier molecular flexibility index (Phi) is 4.42. The van der Waals surface area contributed by atoms with Crippen LogP contribution in [-0.4, -0.2) is 8.42 Å². The lowest BCUT2D eigenvalue weighted by Crippen LogP contribution is -2.29. The molecule has 0 saturated carbocycles. The van der Waals surface area contributed by atoms with E-state index in [9.17, 15) is 12.8 Å². The minimum atomic E-state index is -4.00. The molecule has 0 saturated heterocycles. The topological polar surface area (TPSA) is 72.2 Å².